The highest BCUT2D eigenvalue weighted by Gasteiger charge is 2.12. The summed E-state index contributed by atoms with van der Waals surface area (Å²) in [7, 11) is 0. The van der Waals surface area contributed by atoms with Crippen LogP contribution in [0.4, 0.5) is 0 Å². The predicted molar refractivity (Wildman–Crippen MR) is 56.5 cm³/mol. The zero-order valence-corrected chi connectivity index (χ0v) is 9.21. The van der Waals surface area contributed by atoms with Crippen LogP contribution in [0.15, 0.2) is 6.07 Å². The molecule has 3 nitrogen and oxygen atoms in total. The maximum atomic E-state index is 11.7. The number of nitrogens with zero attached hydrogens (tertiary/aromatic N) is 2. The molecule has 0 saturated heterocycles. The fourth-order valence-corrected chi connectivity index (χ4v) is 1.46. The molecule has 0 atom stereocenters. The second-order valence-corrected chi connectivity index (χ2v) is 3.36. The Balaban J connectivity index is 2.93. The van der Waals surface area contributed by atoms with Crippen molar-refractivity contribution in [1.29, 1.82) is 0 Å². The van der Waals surface area contributed by atoms with Crippen LogP contribution < -0.4 is 0 Å². The number of carbonyl (C=O) groups is 1. The molecule has 0 spiro atoms. The van der Waals surface area contributed by atoms with Crippen molar-refractivity contribution < 1.29 is 4.79 Å². The molecule has 0 aliphatic heterocycles. The molecule has 0 amide bonds. The monoisotopic (exact) mass is 194 g/mol. The summed E-state index contributed by atoms with van der Waals surface area (Å²) in [6.45, 7) is 6.85. The van der Waals surface area contributed by atoms with E-state index in [2.05, 4.69) is 12.0 Å². The van der Waals surface area contributed by atoms with Crippen LogP contribution in [0.25, 0.3) is 0 Å². The van der Waals surface area contributed by atoms with Gasteiger partial charge in [0.25, 0.3) is 0 Å². The van der Waals surface area contributed by atoms with E-state index in [4.69, 9.17) is 0 Å². The van der Waals surface area contributed by atoms with Crippen LogP contribution in [0.1, 0.15) is 49.8 Å². The zero-order valence-electron chi connectivity index (χ0n) is 9.21. The van der Waals surface area contributed by atoms with E-state index in [-0.39, 0.29) is 5.78 Å². The lowest BCUT2D eigenvalue weighted by atomic mass is 10.1. The molecule has 3 heteroatoms. The number of Topliss-reactive ketones (excluding diaryl/α,β-unsaturated/α-hetero) is 1. The highest BCUT2D eigenvalue weighted by Crippen LogP contribution is 2.09. The molecule has 1 aromatic heterocycles. The number of hydrogen-bond donors (Lipinski definition) is 0. The molecule has 0 bridgehead atoms. The van der Waals surface area contributed by atoms with Gasteiger partial charge in [-0.1, -0.05) is 13.8 Å². The van der Waals surface area contributed by atoms with Crippen LogP contribution in [-0.2, 0) is 13.0 Å². The van der Waals surface area contributed by atoms with Gasteiger partial charge in [-0.15, -0.1) is 0 Å². The summed E-state index contributed by atoms with van der Waals surface area (Å²) in [5, 5.41) is 4.35. The van der Waals surface area contributed by atoms with E-state index in [0.29, 0.717) is 6.42 Å². The normalized spacial score (nSPS) is 10.5. The first-order chi connectivity index (χ1) is 6.72. The molecule has 0 unspecified atom stereocenters. The summed E-state index contributed by atoms with van der Waals surface area (Å²) < 4.78 is 1.80. The van der Waals surface area contributed by atoms with E-state index in [0.717, 1.165) is 30.8 Å². The van der Waals surface area contributed by atoms with Crippen molar-refractivity contribution in [1.82, 2.24) is 9.78 Å². The SMILES string of the molecule is CCCC(=O)c1cc(CC)nn1CC. The van der Waals surface area contributed by atoms with Gasteiger partial charge in [-0.3, -0.25) is 9.48 Å². The third kappa shape index (κ3) is 2.22. The van der Waals surface area contributed by atoms with E-state index in [1.165, 1.54) is 0 Å². The van der Waals surface area contributed by atoms with Crippen molar-refractivity contribution in [2.24, 2.45) is 0 Å². The zero-order chi connectivity index (χ0) is 10.6. The molecule has 1 heterocycles. The van der Waals surface area contributed by atoms with E-state index in [1.807, 2.05) is 19.9 Å². The lowest BCUT2D eigenvalue weighted by molar-refractivity contribution is 0.0971. The van der Waals surface area contributed by atoms with Crippen molar-refractivity contribution in [2.45, 2.75) is 46.6 Å². The van der Waals surface area contributed by atoms with E-state index < -0.39 is 0 Å². The van der Waals surface area contributed by atoms with Gasteiger partial charge in [0.2, 0.25) is 0 Å². The van der Waals surface area contributed by atoms with Crippen LogP contribution in [0.2, 0.25) is 0 Å². The van der Waals surface area contributed by atoms with Crippen molar-refractivity contribution in [3.63, 3.8) is 0 Å². The molecule has 0 aromatic carbocycles. The third-order valence-corrected chi connectivity index (χ3v) is 2.26. The Kier molecular flexibility index (Phi) is 3.86. The Morgan fingerprint density at radius 3 is 2.64 bits per heavy atom. The Morgan fingerprint density at radius 1 is 1.43 bits per heavy atom. The summed E-state index contributed by atoms with van der Waals surface area (Å²) in [5.74, 6) is 0.210. The lowest BCUT2D eigenvalue weighted by Crippen LogP contribution is -2.08. The van der Waals surface area contributed by atoms with Crippen molar-refractivity contribution >= 4 is 5.78 Å². The van der Waals surface area contributed by atoms with Gasteiger partial charge in [0, 0.05) is 13.0 Å². The molecular weight excluding hydrogens is 176 g/mol. The molecule has 1 rings (SSSR count). The van der Waals surface area contributed by atoms with Crippen LogP contribution in [0, 0.1) is 0 Å². The van der Waals surface area contributed by atoms with Crippen LogP contribution in [0.3, 0.4) is 0 Å². The van der Waals surface area contributed by atoms with Gasteiger partial charge in [0.1, 0.15) is 5.69 Å². The summed E-state index contributed by atoms with van der Waals surface area (Å²) in [6.07, 6.45) is 2.41. The van der Waals surface area contributed by atoms with Gasteiger partial charge in [-0.2, -0.15) is 5.10 Å². The van der Waals surface area contributed by atoms with Crippen molar-refractivity contribution in [3.8, 4) is 0 Å². The number of aromatic nitrogens is 2. The first kappa shape index (κ1) is 11.0. The van der Waals surface area contributed by atoms with E-state index in [9.17, 15) is 4.79 Å². The molecular formula is C11H18N2O. The minimum absolute atomic E-state index is 0.210. The van der Waals surface area contributed by atoms with Crippen LogP contribution >= 0.6 is 0 Å². The Hall–Kier alpha value is -1.12. The number of rotatable bonds is 5. The molecule has 0 radical (unpaired) electrons. The number of carbonyl (C=O) groups excluding carboxylic acids is 1. The van der Waals surface area contributed by atoms with Crippen LogP contribution in [0.5, 0.6) is 0 Å². The fourth-order valence-electron chi connectivity index (χ4n) is 1.46. The van der Waals surface area contributed by atoms with Crippen molar-refractivity contribution in [3.05, 3.63) is 17.5 Å². The first-order valence-electron chi connectivity index (χ1n) is 5.32. The van der Waals surface area contributed by atoms with Crippen LogP contribution in [-0.4, -0.2) is 15.6 Å². The number of hydrogen-bond acceptors (Lipinski definition) is 2. The maximum Gasteiger partial charge on any atom is 0.180 e. The second kappa shape index (κ2) is 4.94. The lowest BCUT2D eigenvalue weighted by Gasteiger charge is -2.01. The standard InChI is InChI=1S/C11H18N2O/c1-4-7-11(14)10-8-9(5-2)12-13(10)6-3/h8H,4-7H2,1-3H3. The summed E-state index contributed by atoms with van der Waals surface area (Å²) in [4.78, 5) is 11.7. The average Bonchev–Trinajstić information content (AvgIpc) is 2.61. The van der Waals surface area contributed by atoms with Gasteiger partial charge >= 0.3 is 0 Å². The highest BCUT2D eigenvalue weighted by molar-refractivity contribution is 5.94. The molecule has 78 valence electrons. The molecule has 1 aromatic rings. The molecule has 14 heavy (non-hydrogen) atoms. The first-order valence-corrected chi connectivity index (χ1v) is 5.32. The smallest absolute Gasteiger partial charge is 0.180 e. The summed E-state index contributed by atoms with van der Waals surface area (Å²) >= 11 is 0. The molecule has 0 aliphatic rings. The quantitative estimate of drug-likeness (QED) is 0.675. The predicted octanol–water partition coefficient (Wildman–Crippen LogP) is 2.45. The minimum Gasteiger partial charge on any atom is -0.292 e. The maximum absolute atomic E-state index is 11.7. The van der Waals surface area contributed by atoms with Gasteiger partial charge in [-0.05, 0) is 25.8 Å². The second-order valence-electron chi connectivity index (χ2n) is 3.36. The summed E-state index contributed by atoms with van der Waals surface area (Å²) in [5.41, 5.74) is 1.78. The largest absolute Gasteiger partial charge is 0.292 e. The fraction of sp³-hybridized carbons (Fsp3) is 0.636. The van der Waals surface area contributed by atoms with Gasteiger partial charge in [0.05, 0.1) is 5.69 Å². The van der Waals surface area contributed by atoms with E-state index >= 15 is 0 Å². The molecule has 0 N–H and O–H groups in total. The minimum atomic E-state index is 0.210. The topological polar surface area (TPSA) is 34.9 Å². The van der Waals surface area contributed by atoms with Gasteiger partial charge in [0.15, 0.2) is 5.78 Å². The highest BCUT2D eigenvalue weighted by atomic mass is 16.1. The molecule has 0 aliphatic carbocycles. The Labute approximate surface area is 85.1 Å². The molecule has 0 fully saturated rings. The third-order valence-electron chi connectivity index (χ3n) is 2.26. The van der Waals surface area contributed by atoms with Gasteiger partial charge in [-0.25, -0.2) is 0 Å². The number of ketones is 1. The average molecular weight is 194 g/mol. The number of aryl methyl sites for hydroxylation is 2. The van der Waals surface area contributed by atoms with E-state index in [1.54, 1.807) is 4.68 Å². The van der Waals surface area contributed by atoms with Crippen molar-refractivity contribution in [2.75, 3.05) is 0 Å². The van der Waals surface area contributed by atoms with Gasteiger partial charge < -0.3 is 0 Å². The summed E-state index contributed by atoms with van der Waals surface area (Å²) in [6, 6.07) is 1.92. The Morgan fingerprint density at radius 2 is 2.14 bits per heavy atom. The Bertz CT molecular complexity index is 315. The molecule has 0 saturated carbocycles.